The highest BCUT2D eigenvalue weighted by atomic mass is 16.7. The third-order valence-electron chi connectivity index (χ3n) is 6.61. The fraction of sp³-hybridized carbons (Fsp3) is 0.333. The summed E-state index contributed by atoms with van der Waals surface area (Å²) in [4.78, 5) is 23.7. The Bertz CT molecular complexity index is 1110. The number of nitrogens with one attached hydrogen (secondary N) is 2. The molecule has 28 heavy (non-hydrogen) atoms. The molecule has 0 spiro atoms. The summed E-state index contributed by atoms with van der Waals surface area (Å²) in [7, 11) is 0. The smallest absolute Gasteiger partial charge is 0.272 e. The van der Waals surface area contributed by atoms with Crippen molar-refractivity contribution in [3.63, 3.8) is 0 Å². The van der Waals surface area contributed by atoms with Crippen LogP contribution in [0.4, 0.5) is 5.69 Å². The number of aromatic nitrogens is 3. The van der Waals surface area contributed by atoms with E-state index in [9.17, 15) is 4.79 Å². The van der Waals surface area contributed by atoms with Gasteiger partial charge in [0.1, 0.15) is 0 Å². The lowest BCUT2D eigenvalue weighted by Gasteiger charge is -2.35. The maximum atomic E-state index is 13.5. The summed E-state index contributed by atoms with van der Waals surface area (Å²) in [5.41, 5.74) is 2.57. The van der Waals surface area contributed by atoms with Gasteiger partial charge in [0.15, 0.2) is 0 Å². The van der Waals surface area contributed by atoms with Crippen LogP contribution in [-0.2, 0) is 9.63 Å². The van der Waals surface area contributed by atoms with Crippen molar-refractivity contribution in [1.82, 2.24) is 15.2 Å². The van der Waals surface area contributed by atoms with Gasteiger partial charge in [-0.2, -0.15) is 5.10 Å². The Balaban J connectivity index is 1.35. The molecule has 2 fully saturated rings. The number of nitrogens with zero attached hydrogens (tertiary/aromatic N) is 3. The number of hydrogen-bond donors (Lipinski definition) is 2. The van der Waals surface area contributed by atoms with E-state index in [0.717, 1.165) is 47.1 Å². The predicted molar refractivity (Wildman–Crippen MR) is 104 cm³/mol. The van der Waals surface area contributed by atoms with E-state index in [2.05, 4.69) is 25.7 Å². The van der Waals surface area contributed by atoms with E-state index < -0.39 is 5.60 Å². The maximum absolute atomic E-state index is 13.5. The second-order valence-electron chi connectivity index (χ2n) is 7.98. The summed E-state index contributed by atoms with van der Waals surface area (Å²) in [5, 5.41) is 15.4. The first-order valence-corrected chi connectivity index (χ1v) is 9.67. The summed E-state index contributed by atoms with van der Waals surface area (Å²) in [6.45, 7) is 0. The van der Waals surface area contributed by atoms with E-state index in [0.29, 0.717) is 5.92 Å². The number of amides is 1. The third kappa shape index (κ3) is 2.04. The average Bonchev–Trinajstić information content (AvgIpc) is 3.48. The maximum Gasteiger partial charge on any atom is 0.272 e. The molecular formula is C21H19N5O2. The fourth-order valence-corrected chi connectivity index (χ4v) is 5.42. The molecule has 4 atom stereocenters. The zero-order valence-electron chi connectivity index (χ0n) is 15.1. The van der Waals surface area contributed by atoms with Gasteiger partial charge in [0.25, 0.3) is 5.91 Å². The van der Waals surface area contributed by atoms with Gasteiger partial charge < -0.3 is 10.2 Å². The molecule has 6 rings (SSSR count). The van der Waals surface area contributed by atoms with Crippen molar-refractivity contribution in [3.8, 4) is 0 Å². The molecule has 0 saturated heterocycles. The molecule has 1 aliphatic heterocycles. The van der Waals surface area contributed by atoms with Crippen molar-refractivity contribution in [2.24, 2.45) is 22.9 Å². The average molecular weight is 373 g/mol. The van der Waals surface area contributed by atoms with Gasteiger partial charge in [-0.15, -0.1) is 0 Å². The third-order valence-corrected chi connectivity index (χ3v) is 6.61. The molecule has 3 heterocycles. The molecule has 0 unspecified atom stereocenters. The number of anilines is 1. The van der Waals surface area contributed by atoms with E-state index >= 15 is 0 Å². The zero-order chi connectivity index (χ0) is 18.7. The van der Waals surface area contributed by atoms with Crippen LogP contribution in [0.15, 0.2) is 54.1 Å². The van der Waals surface area contributed by atoms with Crippen molar-refractivity contribution >= 4 is 28.2 Å². The minimum Gasteiger partial charge on any atom is -0.378 e. The Labute approximate surface area is 161 Å². The number of H-pyrrole nitrogens is 1. The van der Waals surface area contributed by atoms with Crippen molar-refractivity contribution in [2.45, 2.75) is 24.9 Å². The van der Waals surface area contributed by atoms with Crippen molar-refractivity contribution in [3.05, 3.63) is 54.5 Å². The molecule has 1 amide bonds. The van der Waals surface area contributed by atoms with Crippen LogP contribution in [0.3, 0.4) is 0 Å². The summed E-state index contributed by atoms with van der Waals surface area (Å²) in [5.74, 6) is 0.495. The number of oxime groups is 1. The zero-order valence-corrected chi connectivity index (χ0v) is 15.1. The van der Waals surface area contributed by atoms with Crippen LogP contribution >= 0.6 is 0 Å². The van der Waals surface area contributed by atoms with E-state index in [1.54, 1.807) is 18.6 Å². The molecule has 7 heteroatoms. The lowest BCUT2D eigenvalue weighted by molar-refractivity contribution is -0.149. The van der Waals surface area contributed by atoms with Gasteiger partial charge in [0.05, 0.1) is 23.3 Å². The number of fused-ring (bicyclic) bond motifs is 6. The standard InChI is InChI=1S/C21H19N5O2/c27-20(24-16-5-6-17-14(9-16)11-23-25-17)21-15-4-3-12(8-15)18(21)19(26-28-21)13-2-1-7-22-10-13/h1-2,5-7,9-12,15,18H,3-4,8H2,(H,23,25)(H,24,27)/t12-,15+,18-,21-/m1/s1. The van der Waals surface area contributed by atoms with Gasteiger partial charge in [0, 0.05) is 34.9 Å². The largest absolute Gasteiger partial charge is 0.378 e. The highest BCUT2D eigenvalue weighted by Gasteiger charge is 2.69. The molecule has 2 aliphatic carbocycles. The number of hydrogen-bond acceptors (Lipinski definition) is 5. The van der Waals surface area contributed by atoms with E-state index in [4.69, 9.17) is 4.84 Å². The van der Waals surface area contributed by atoms with Crippen LogP contribution in [0, 0.1) is 17.8 Å². The Morgan fingerprint density at radius 2 is 2.21 bits per heavy atom. The van der Waals surface area contributed by atoms with Gasteiger partial charge in [-0.3, -0.25) is 14.9 Å². The Morgan fingerprint density at radius 3 is 3.11 bits per heavy atom. The minimum absolute atomic E-state index is 0.0203. The second-order valence-corrected chi connectivity index (χ2v) is 7.98. The molecule has 140 valence electrons. The molecule has 2 saturated carbocycles. The number of carbonyl (C=O) groups excluding carboxylic acids is 1. The molecule has 0 radical (unpaired) electrons. The number of rotatable bonds is 3. The van der Waals surface area contributed by atoms with E-state index in [1.165, 1.54) is 0 Å². The van der Waals surface area contributed by atoms with Crippen LogP contribution in [-0.4, -0.2) is 32.4 Å². The summed E-state index contributed by atoms with van der Waals surface area (Å²) in [6.07, 6.45) is 8.43. The van der Waals surface area contributed by atoms with E-state index in [-0.39, 0.29) is 17.7 Å². The number of benzene rings is 1. The van der Waals surface area contributed by atoms with Crippen LogP contribution in [0.25, 0.3) is 10.9 Å². The van der Waals surface area contributed by atoms with Crippen LogP contribution in [0.5, 0.6) is 0 Å². The monoisotopic (exact) mass is 373 g/mol. The normalized spacial score (nSPS) is 30.1. The Kier molecular flexibility index (Phi) is 3.18. The molecular weight excluding hydrogens is 354 g/mol. The summed E-state index contributed by atoms with van der Waals surface area (Å²) < 4.78 is 0. The lowest BCUT2D eigenvalue weighted by atomic mass is 9.72. The second kappa shape index (κ2) is 5.64. The molecule has 2 aromatic heterocycles. The summed E-state index contributed by atoms with van der Waals surface area (Å²) >= 11 is 0. The first kappa shape index (κ1) is 15.8. The van der Waals surface area contributed by atoms with Crippen molar-refractivity contribution < 1.29 is 9.63 Å². The van der Waals surface area contributed by atoms with Gasteiger partial charge in [-0.05, 0) is 55.5 Å². The number of aromatic amines is 1. The number of pyridine rings is 1. The highest BCUT2D eigenvalue weighted by molar-refractivity contribution is 6.10. The van der Waals surface area contributed by atoms with Gasteiger partial charge >= 0.3 is 0 Å². The minimum atomic E-state index is -0.917. The SMILES string of the molecule is O=C(Nc1ccc2[nH]ncc2c1)[C@]12ON=C(c3cccnc3)[C@H]1[C@@H]1CC[C@H]2C1. The molecule has 1 aromatic carbocycles. The molecule has 3 aliphatic rings. The highest BCUT2D eigenvalue weighted by Crippen LogP contribution is 2.60. The van der Waals surface area contributed by atoms with E-state index in [1.807, 2.05) is 30.3 Å². The Morgan fingerprint density at radius 1 is 1.25 bits per heavy atom. The number of carbonyl (C=O) groups is 1. The van der Waals surface area contributed by atoms with Gasteiger partial charge in [0.2, 0.25) is 5.60 Å². The first-order valence-electron chi connectivity index (χ1n) is 9.67. The van der Waals surface area contributed by atoms with Crippen LogP contribution in [0.1, 0.15) is 24.8 Å². The lowest BCUT2D eigenvalue weighted by Crippen LogP contribution is -2.53. The molecule has 3 aromatic rings. The van der Waals surface area contributed by atoms with Gasteiger partial charge in [-0.25, -0.2) is 0 Å². The Hall–Kier alpha value is -3.22. The van der Waals surface area contributed by atoms with Crippen molar-refractivity contribution in [1.29, 1.82) is 0 Å². The quantitative estimate of drug-likeness (QED) is 0.738. The topological polar surface area (TPSA) is 92.3 Å². The van der Waals surface area contributed by atoms with Crippen LogP contribution in [0.2, 0.25) is 0 Å². The predicted octanol–water partition coefficient (Wildman–Crippen LogP) is 3.12. The van der Waals surface area contributed by atoms with Gasteiger partial charge in [-0.1, -0.05) is 5.16 Å². The summed E-state index contributed by atoms with van der Waals surface area (Å²) in [6, 6.07) is 9.61. The van der Waals surface area contributed by atoms with Crippen molar-refractivity contribution in [2.75, 3.05) is 5.32 Å². The molecule has 2 bridgehead atoms. The molecule has 2 N–H and O–H groups in total. The molecule has 7 nitrogen and oxygen atoms in total. The first-order chi connectivity index (χ1) is 13.8. The van der Waals surface area contributed by atoms with Crippen LogP contribution < -0.4 is 5.32 Å². The fourth-order valence-electron chi connectivity index (χ4n) is 5.42.